The number of aromatic nitrogens is 1. The first-order valence-corrected chi connectivity index (χ1v) is 4.62. The predicted octanol–water partition coefficient (Wildman–Crippen LogP) is 1.55. The van der Waals surface area contributed by atoms with Crippen LogP contribution in [0.1, 0.15) is 23.7 Å². The van der Waals surface area contributed by atoms with Crippen LogP contribution >= 0.6 is 0 Å². The summed E-state index contributed by atoms with van der Waals surface area (Å²) in [6.45, 7) is 5.93. The Kier molecular flexibility index (Phi) is 3.24. The summed E-state index contributed by atoms with van der Waals surface area (Å²) in [5.74, 6) is 0. The van der Waals surface area contributed by atoms with Gasteiger partial charge in [-0.3, -0.25) is 4.98 Å². The molecule has 0 aliphatic rings. The molecule has 1 atom stereocenters. The molecule has 1 unspecified atom stereocenters. The number of rotatable bonds is 3. The Morgan fingerprint density at radius 2 is 2.14 bits per heavy atom. The maximum Gasteiger partial charge on any atom is 0.112 e. The van der Waals surface area contributed by atoms with E-state index in [2.05, 4.69) is 4.98 Å². The van der Waals surface area contributed by atoms with Crippen LogP contribution in [0.25, 0.3) is 0 Å². The van der Waals surface area contributed by atoms with E-state index in [4.69, 9.17) is 4.74 Å². The maximum absolute atomic E-state index is 10.0. The number of methoxy groups -OCH3 is 1. The molecule has 3 heteroatoms. The highest BCUT2D eigenvalue weighted by Crippen LogP contribution is 2.21. The van der Waals surface area contributed by atoms with Crippen molar-refractivity contribution in [1.82, 2.24) is 4.98 Å². The van der Waals surface area contributed by atoms with Crippen LogP contribution < -0.4 is 0 Å². The van der Waals surface area contributed by atoms with E-state index >= 15 is 0 Å². The lowest BCUT2D eigenvalue weighted by Gasteiger charge is -2.22. The number of aliphatic hydroxyl groups is 1. The molecule has 0 aromatic carbocycles. The molecule has 1 aromatic heterocycles. The fraction of sp³-hybridized carbons (Fsp3) is 0.545. The van der Waals surface area contributed by atoms with Crippen LogP contribution in [0.2, 0.25) is 0 Å². The van der Waals surface area contributed by atoms with E-state index in [1.165, 1.54) is 0 Å². The van der Waals surface area contributed by atoms with Crippen molar-refractivity contribution in [3.63, 3.8) is 0 Å². The molecular weight excluding hydrogens is 178 g/mol. The van der Waals surface area contributed by atoms with Crippen LogP contribution in [0.5, 0.6) is 0 Å². The minimum atomic E-state index is -0.958. The number of pyridine rings is 1. The van der Waals surface area contributed by atoms with Gasteiger partial charge in [-0.2, -0.15) is 0 Å². The summed E-state index contributed by atoms with van der Waals surface area (Å²) in [5, 5.41) is 10.0. The van der Waals surface area contributed by atoms with Gasteiger partial charge in [-0.1, -0.05) is 0 Å². The van der Waals surface area contributed by atoms with Gasteiger partial charge in [-0.15, -0.1) is 0 Å². The molecule has 3 nitrogen and oxygen atoms in total. The van der Waals surface area contributed by atoms with Crippen LogP contribution in [0.4, 0.5) is 0 Å². The van der Waals surface area contributed by atoms with Crippen molar-refractivity contribution in [1.29, 1.82) is 0 Å². The van der Waals surface area contributed by atoms with Gasteiger partial charge >= 0.3 is 0 Å². The monoisotopic (exact) mass is 195 g/mol. The minimum absolute atomic E-state index is 0.275. The lowest BCUT2D eigenvalue weighted by molar-refractivity contribution is -0.0210. The van der Waals surface area contributed by atoms with E-state index in [0.29, 0.717) is 0 Å². The third-order valence-electron chi connectivity index (χ3n) is 2.39. The van der Waals surface area contributed by atoms with Gasteiger partial charge < -0.3 is 9.84 Å². The van der Waals surface area contributed by atoms with Crippen LogP contribution in [-0.2, 0) is 10.3 Å². The van der Waals surface area contributed by atoms with Gasteiger partial charge in [0.05, 0.1) is 6.61 Å². The summed E-state index contributed by atoms with van der Waals surface area (Å²) >= 11 is 0. The van der Waals surface area contributed by atoms with Crippen molar-refractivity contribution in [3.05, 3.63) is 29.1 Å². The fourth-order valence-corrected chi connectivity index (χ4v) is 1.30. The molecule has 0 saturated heterocycles. The molecule has 0 amide bonds. The summed E-state index contributed by atoms with van der Waals surface area (Å²) in [6, 6.07) is 1.95. The second-order valence-electron chi connectivity index (χ2n) is 3.83. The zero-order valence-corrected chi connectivity index (χ0v) is 9.16. The Morgan fingerprint density at radius 1 is 1.50 bits per heavy atom. The van der Waals surface area contributed by atoms with Gasteiger partial charge in [0, 0.05) is 24.6 Å². The van der Waals surface area contributed by atoms with Gasteiger partial charge in [0.1, 0.15) is 5.60 Å². The first-order chi connectivity index (χ1) is 6.47. The number of ether oxygens (including phenoxy) is 1. The second-order valence-corrected chi connectivity index (χ2v) is 3.83. The zero-order chi connectivity index (χ0) is 10.8. The first kappa shape index (κ1) is 11.1. The largest absolute Gasteiger partial charge is 0.383 e. The Balaban J connectivity index is 3.01. The number of hydrogen-bond donors (Lipinski definition) is 1. The molecule has 14 heavy (non-hydrogen) atoms. The van der Waals surface area contributed by atoms with E-state index in [1.807, 2.05) is 19.9 Å². The molecule has 1 heterocycles. The summed E-state index contributed by atoms with van der Waals surface area (Å²) < 4.78 is 4.95. The molecule has 0 bridgehead atoms. The number of hydrogen-bond acceptors (Lipinski definition) is 3. The molecule has 0 aliphatic carbocycles. The second kappa shape index (κ2) is 4.07. The Labute approximate surface area is 84.7 Å². The summed E-state index contributed by atoms with van der Waals surface area (Å²) in [6.07, 6.45) is 1.70. The Bertz CT molecular complexity index is 321. The number of nitrogens with zero attached hydrogens (tertiary/aromatic N) is 1. The average molecular weight is 195 g/mol. The molecule has 1 aromatic rings. The predicted molar refractivity (Wildman–Crippen MR) is 55.2 cm³/mol. The first-order valence-electron chi connectivity index (χ1n) is 4.62. The average Bonchev–Trinajstić information content (AvgIpc) is 2.09. The lowest BCUT2D eigenvalue weighted by atomic mass is 9.97. The molecule has 0 spiro atoms. The van der Waals surface area contributed by atoms with Crippen LogP contribution in [0.15, 0.2) is 12.3 Å². The summed E-state index contributed by atoms with van der Waals surface area (Å²) in [5.41, 5.74) is 1.91. The summed E-state index contributed by atoms with van der Waals surface area (Å²) in [4.78, 5) is 4.21. The van der Waals surface area contributed by atoms with Crippen LogP contribution in [0, 0.1) is 13.8 Å². The van der Waals surface area contributed by atoms with Gasteiger partial charge in [-0.05, 0) is 32.4 Å². The SMILES string of the molecule is COCC(C)(O)c1cnc(C)c(C)c1. The smallest absolute Gasteiger partial charge is 0.112 e. The number of aryl methyl sites for hydroxylation is 2. The van der Waals surface area contributed by atoms with Crippen molar-refractivity contribution in [2.24, 2.45) is 0 Å². The third-order valence-corrected chi connectivity index (χ3v) is 2.39. The molecule has 0 aliphatic heterocycles. The van der Waals surface area contributed by atoms with Gasteiger partial charge in [0.25, 0.3) is 0 Å². The van der Waals surface area contributed by atoms with Crippen molar-refractivity contribution in [2.45, 2.75) is 26.4 Å². The van der Waals surface area contributed by atoms with E-state index in [-0.39, 0.29) is 6.61 Å². The molecule has 1 rings (SSSR count). The van der Waals surface area contributed by atoms with Crippen LogP contribution in [0.3, 0.4) is 0 Å². The van der Waals surface area contributed by atoms with E-state index < -0.39 is 5.60 Å². The highest BCUT2D eigenvalue weighted by atomic mass is 16.5. The van der Waals surface area contributed by atoms with Crippen molar-refractivity contribution >= 4 is 0 Å². The standard InChI is InChI=1S/C11H17NO2/c1-8-5-10(6-12-9(8)2)11(3,13)7-14-4/h5-6,13H,7H2,1-4H3. The normalized spacial score (nSPS) is 15.2. The lowest BCUT2D eigenvalue weighted by Crippen LogP contribution is -2.27. The maximum atomic E-state index is 10.0. The quantitative estimate of drug-likeness (QED) is 0.795. The zero-order valence-electron chi connectivity index (χ0n) is 9.16. The molecule has 0 saturated carbocycles. The molecule has 0 fully saturated rings. The van der Waals surface area contributed by atoms with Gasteiger partial charge in [0.15, 0.2) is 0 Å². The third kappa shape index (κ3) is 2.30. The van der Waals surface area contributed by atoms with Crippen molar-refractivity contribution in [2.75, 3.05) is 13.7 Å². The highest BCUT2D eigenvalue weighted by Gasteiger charge is 2.23. The fourth-order valence-electron chi connectivity index (χ4n) is 1.30. The Hall–Kier alpha value is -0.930. The van der Waals surface area contributed by atoms with Gasteiger partial charge in [0.2, 0.25) is 0 Å². The van der Waals surface area contributed by atoms with E-state index in [0.717, 1.165) is 16.8 Å². The minimum Gasteiger partial charge on any atom is -0.383 e. The molecule has 78 valence electrons. The topological polar surface area (TPSA) is 42.4 Å². The van der Waals surface area contributed by atoms with Gasteiger partial charge in [-0.25, -0.2) is 0 Å². The Morgan fingerprint density at radius 3 is 2.64 bits per heavy atom. The summed E-state index contributed by atoms with van der Waals surface area (Å²) in [7, 11) is 1.57. The highest BCUT2D eigenvalue weighted by molar-refractivity contribution is 5.27. The molecular formula is C11H17NO2. The van der Waals surface area contributed by atoms with E-state index in [1.54, 1.807) is 20.2 Å². The van der Waals surface area contributed by atoms with Crippen molar-refractivity contribution < 1.29 is 9.84 Å². The van der Waals surface area contributed by atoms with Crippen molar-refractivity contribution in [3.8, 4) is 0 Å². The van der Waals surface area contributed by atoms with Crippen LogP contribution in [-0.4, -0.2) is 23.8 Å². The van der Waals surface area contributed by atoms with E-state index in [9.17, 15) is 5.11 Å². The molecule has 0 radical (unpaired) electrons. The molecule has 1 N–H and O–H groups in total.